The van der Waals surface area contributed by atoms with E-state index in [2.05, 4.69) is 5.32 Å². The first kappa shape index (κ1) is 8.93. The minimum Gasteiger partial charge on any atom is -0.386 e. The molecule has 1 heterocycles. The van der Waals surface area contributed by atoms with Crippen LogP contribution in [0.15, 0.2) is 0 Å². The molecule has 66 valence electrons. The van der Waals surface area contributed by atoms with Crippen LogP contribution in [0.25, 0.3) is 0 Å². The summed E-state index contributed by atoms with van der Waals surface area (Å²) >= 11 is 0. The first-order chi connectivity index (χ1) is 5.19. The largest absolute Gasteiger partial charge is 0.386 e. The summed E-state index contributed by atoms with van der Waals surface area (Å²) in [6, 6.07) is -0.260. The molecule has 1 aliphatic rings. The second-order valence-corrected chi connectivity index (χ2v) is 2.97. The Labute approximate surface area is 66.7 Å². The molecule has 1 saturated heterocycles. The highest BCUT2D eigenvalue weighted by atomic mass is 16.5. The van der Waals surface area contributed by atoms with E-state index in [9.17, 15) is 5.11 Å². The number of rotatable bonds is 4. The Bertz CT molecular complexity index is 126. The molecule has 0 amide bonds. The summed E-state index contributed by atoms with van der Waals surface area (Å²) in [5, 5.41) is 12.6. The average Bonchev–Trinajstić information content (AvgIpc) is 1.95. The first-order valence-electron chi connectivity index (χ1n) is 3.95. The number of ether oxygens (including phenoxy) is 1. The van der Waals surface area contributed by atoms with Crippen molar-refractivity contribution in [2.24, 2.45) is 5.73 Å². The number of β-amino-alcohol motifs (C(OH)–C–C–N with tert-alkyl or cyclic N) is 1. The summed E-state index contributed by atoms with van der Waals surface area (Å²) in [5.41, 5.74) is 4.96. The quantitative estimate of drug-likeness (QED) is 0.477. The molecule has 0 aromatic carbocycles. The Balaban J connectivity index is 2.22. The van der Waals surface area contributed by atoms with Crippen molar-refractivity contribution in [2.75, 3.05) is 26.3 Å². The second-order valence-electron chi connectivity index (χ2n) is 2.97. The maximum atomic E-state index is 9.64. The molecule has 0 aromatic heterocycles. The number of hydrogen-bond donors (Lipinski definition) is 3. The Morgan fingerprint density at radius 2 is 2.36 bits per heavy atom. The zero-order valence-electron chi connectivity index (χ0n) is 6.84. The molecule has 4 N–H and O–H groups in total. The van der Waals surface area contributed by atoms with Crippen molar-refractivity contribution in [3.8, 4) is 0 Å². The number of aliphatic hydroxyl groups is 1. The second kappa shape index (κ2) is 3.49. The van der Waals surface area contributed by atoms with Crippen LogP contribution in [-0.2, 0) is 4.74 Å². The standard InChI is InChI=1S/C7H16N2O2/c1-2-11-3-6(8)7(10)4-9-5-7/h6,9-10H,2-5,8H2,1H3. The molecule has 4 heteroatoms. The van der Waals surface area contributed by atoms with Crippen LogP contribution in [0.1, 0.15) is 6.92 Å². The van der Waals surface area contributed by atoms with Crippen molar-refractivity contribution < 1.29 is 9.84 Å². The minimum absolute atomic E-state index is 0.260. The SMILES string of the molecule is CCOCC(N)C1(O)CNC1. The van der Waals surface area contributed by atoms with E-state index in [-0.39, 0.29) is 6.04 Å². The van der Waals surface area contributed by atoms with Gasteiger partial charge in [0.05, 0.1) is 12.6 Å². The molecular formula is C7H16N2O2. The molecule has 0 radical (unpaired) electrons. The van der Waals surface area contributed by atoms with Gasteiger partial charge in [-0.1, -0.05) is 0 Å². The van der Waals surface area contributed by atoms with E-state index in [1.165, 1.54) is 0 Å². The Morgan fingerprint density at radius 3 is 2.73 bits per heavy atom. The van der Waals surface area contributed by atoms with E-state index in [0.717, 1.165) is 0 Å². The lowest BCUT2D eigenvalue weighted by molar-refractivity contribution is -0.0544. The number of nitrogens with one attached hydrogen (secondary N) is 1. The molecule has 1 rings (SSSR count). The molecule has 1 aliphatic heterocycles. The Morgan fingerprint density at radius 1 is 1.73 bits per heavy atom. The lowest BCUT2D eigenvalue weighted by Crippen LogP contribution is -2.69. The van der Waals surface area contributed by atoms with Gasteiger partial charge in [-0.2, -0.15) is 0 Å². The predicted molar refractivity (Wildman–Crippen MR) is 42.3 cm³/mol. The summed E-state index contributed by atoms with van der Waals surface area (Å²) in [7, 11) is 0. The molecule has 0 aliphatic carbocycles. The maximum Gasteiger partial charge on any atom is 0.107 e. The van der Waals surface area contributed by atoms with Gasteiger partial charge in [-0.25, -0.2) is 0 Å². The van der Waals surface area contributed by atoms with Crippen LogP contribution in [0.5, 0.6) is 0 Å². The van der Waals surface area contributed by atoms with Crippen molar-refractivity contribution in [3.05, 3.63) is 0 Å². The first-order valence-corrected chi connectivity index (χ1v) is 3.95. The third kappa shape index (κ3) is 1.90. The fraction of sp³-hybridized carbons (Fsp3) is 1.00. The van der Waals surface area contributed by atoms with Crippen molar-refractivity contribution in [1.82, 2.24) is 5.32 Å². The van der Waals surface area contributed by atoms with E-state index in [4.69, 9.17) is 10.5 Å². The van der Waals surface area contributed by atoms with E-state index in [0.29, 0.717) is 26.3 Å². The van der Waals surface area contributed by atoms with Crippen LogP contribution >= 0.6 is 0 Å². The molecular weight excluding hydrogens is 144 g/mol. The van der Waals surface area contributed by atoms with E-state index in [1.54, 1.807) is 0 Å². The fourth-order valence-corrected chi connectivity index (χ4v) is 1.04. The number of hydrogen-bond acceptors (Lipinski definition) is 4. The smallest absolute Gasteiger partial charge is 0.107 e. The lowest BCUT2D eigenvalue weighted by atomic mass is 9.89. The van der Waals surface area contributed by atoms with Gasteiger partial charge >= 0.3 is 0 Å². The average molecular weight is 160 g/mol. The molecule has 4 nitrogen and oxygen atoms in total. The number of nitrogens with two attached hydrogens (primary N) is 1. The summed E-state index contributed by atoms with van der Waals surface area (Å²) < 4.78 is 5.10. The molecule has 0 spiro atoms. The maximum absolute atomic E-state index is 9.64. The molecule has 0 saturated carbocycles. The lowest BCUT2D eigenvalue weighted by Gasteiger charge is -2.41. The van der Waals surface area contributed by atoms with Gasteiger partial charge in [-0.05, 0) is 6.92 Å². The van der Waals surface area contributed by atoms with Gasteiger partial charge in [0.1, 0.15) is 5.60 Å². The molecule has 11 heavy (non-hydrogen) atoms. The van der Waals surface area contributed by atoms with Gasteiger partial charge in [0.25, 0.3) is 0 Å². The third-order valence-electron chi connectivity index (χ3n) is 2.05. The summed E-state index contributed by atoms with van der Waals surface area (Å²) in [4.78, 5) is 0. The fourth-order valence-electron chi connectivity index (χ4n) is 1.04. The van der Waals surface area contributed by atoms with Gasteiger partial charge in [-0.15, -0.1) is 0 Å². The van der Waals surface area contributed by atoms with Crippen LogP contribution < -0.4 is 11.1 Å². The zero-order valence-corrected chi connectivity index (χ0v) is 6.84. The zero-order chi connectivity index (χ0) is 8.32. The van der Waals surface area contributed by atoms with Gasteiger partial charge in [0.15, 0.2) is 0 Å². The monoisotopic (exact) mass is 160 g/mol. The Hall–Kier alpha value is -0.160. The van der Waals surface area contributed by atoms with Crippen molar-refractivity contribution in [3.63, 3.8) is 0 Å². The summed E-state index contributed by atoms with van der Waals surface area (Å²) in [5.74, 6) is 0. The van der Waals surface area contributed by atoms with Gasteiger partial charge in [0, 0.05) is 19.7 Å². The molecule has 1 atom stereocenters. The van der Waals surface area contributed by atoms with Gasteiger partial charge < -0.3 is 20.9 Å². The van der Waals surface area contributed by atoms with Crippen molar-refractivity contribution >= 4 is 0 Å². The van der Waals surface area contributed by atoms with Crippen LogP contribution in [0.2, 0.25) is 0 Å². The van der Waals surface area contributed by atoms with Gasteiger partial charge in [-0.3, -0.25) is 0 Å². The van der Waals surface area contributed by atoms with E-state index >= 15 is 0 Å². The van der Waals surface area contributed by atoms with Crippen molar-refractivity contribution in [1.29, 1.82) is 0 Å². The summed E-state index contributed by atoms with van der Waals surface area (Å²) in [6.07, 6.45) is 0. The van der Waals surface area contributed by atoms with E-state index < -0.39 is 5.60 Å². The van der Waals surface area contributed by atoms with E-state index in [1.807, 2.05) is 6.92 Å². The summed E-state index contributed by atoms with van der Waals surface area (Å²) in [6.45, 7) is 4.17. The highest BCUT2D eigenvalue weighted by Gasteiger charge is 2.40. The van der Waals surface area contributed by atoms with Crippen LogP contribution in [0, 0.1) is 0 Å². The minimum atomic E-state index is -0.727. The predicted octanol–water partition coefficient (Wildman–Crippen LogP) is -1.32. The topological polar surface area (TPSA) is 67.5 Å². The highest BCUT2D eigenvalue weighted by Crippen LogP contribution is 2.14. The van der Waals surface area contributed by atoms with Crippen LogP contribution in [-0.4, -0.2) is 43.1 Å². The highest BCUT2D eigenvalue weighted by molar-refractivity contribution is 5.00. The normalized spacial score (nSPS) is 24.3. The molecule has 1 unspecified atom stereocenters. The Kier molecular flexibility index (Phi) is 2.84. The molecule has 1 fully saturated rings. The van der Waals surface area contributed by atoms with Crippen molar-refractivity contribution in [2.45, 2.75) is 18.6 Å². The molecule has 0 aromatic rings. The third-order valence-corrected chi connectivity index (χ3v) is 2.05. The van der Waals surface area contributed by atoms with Crippen LogP contribution in [0.3, 0.4) is 0 Å². The van der Waals surface area contributed by atoms with Gasteiger partial charge in [0.2, 0.25) is 0 Å². The molecule has 0 bridgehead atoms. The van der Waals surface area contributed by atoms with Crippen LogP contribution in [0.4, 0.5) is 0 Å².